The van der Waals surface area contributed by atoms with Gasteiger partial charge in [-0.05, 0) is 37.7 Å². The van der Waals surface area contributed by atoms with E-state index in [2.05, 4.69) is 54.4 Å². The minimum absolute atomic E-state index is 0.310. The van der Waals surface area contributed by atoms with E-state index in [1.54, 1.807) is 0 Å². The quantitative estimate of drug-likeness (QED) is 0.810. The SMILES string of the molecule is CCC(C)N1CC(CCO)CC(NCc2ccccc2)C1. The number of likely N-dealkylation sites (tertiary alicyclic amines) is 1. The highest BCUT2D eigenvalue weighted by molar-refractivity contribution is 5.14. The van der Waals surface area contributed by atoms with Crippen LogP contribution in [0.5, 0.6) is 0 Å². The summed E-state index contributed by atoms with van der Waals surface area (Å²) in [5.41, 5.74) is 1.34. The second-order valence-electron chi connectivity index (χ2n) is 6.39. The third kappa shape index (κ3) is 5.10. The maximum absolute atomic E-state index is 9.26. The average molecular weight is 290 g/mol. The van der Waals surface area contributed by atoms with E-state index in [9.17, 15) is 5.11 Å². The van der Waals surface area contributed by atoms with Gasteiger partial charge < -0.3 is 10.4 Å². The number of rotatable bonds is 7. The van der Waals surface area contributed by atoms with E-state index in [1.807, 2.05) is 0 Å². The Bertz CT molecular complexity index is 395. The van der Waals surface area contributed by atoms with E-state index in [0.717, 1.165) is 26.1 Å². The Hall–Kier alpha value is -0.900. The smallest absolute Gasteiger partial charge is 0.0434 e. The molecule has 3 unspecified atom stereocenters. The summed E-state index contributed by atoms with van der Waals surface area (Å²) >= 11 is 0. The van der Waals surface area contributed by atoms with Crippen molar-refractivity contribution in [3.05, 3.63) is 35.9 Å². The van der Waals surface area contributed by atoms with Gasteiger partial charge in [-0.2, -0.15) is 0 Å². The molecule has 21 heavy (non-hydrogen) atoms. The van der Waals surface area contributed by atoms with Crippen molar-refractivity contribution in [2.45, 2.75) is 51.7 Å². The van der Waals surface area contributed by atoms with E-state index in [4.69, 9.17) is 0 Å². The monoisotopic (exact) mass is 290 g/mol. The van der Waals surface area contributed by atoms with Crippen molar-refractivity contribution < 1.29 is 5.11 Å². The van der Waals surface area contributed by atoms with E-state index < -0.39 is 0 Å². The Kier molecular flexibility index (Phi) is 6.68. The van der Waals surface area contributed by atoms with Gasteiger partial charge >= 0.3 is 0 Å². The first-order valence-corrected chi connectivity index (χ1v) is 8.35. The summed E-state index contributed by atoms with van der Waals surface area (Å²) in [6.07, 6.45) is 3.30. The zero-order valence-electron chi connectivity index (χ0n) is 13.5. The molecule has 2 rings (SSSR count). The first-order valence-electron chi connectivity index (χ1n) is 8.35. The van der Waals surface area contributed by atoms with Crippen LogP contribution in [0, 0.1) is 5.92 Å². The molecular weight excluding hydrogens is 260 g/mol. The molecule has 3 atom stereocenters. The minimum Gasteiger partial charge on any atom is -0.396 e. The first-order chi connectivity index (χ1) is 10.2. The lowest BCUT2D eigenvalue weighted by Gasteiger charge is -2.41. The van der Waals surface area contributed by atoms with E-state index in [0.29, 0.717) is 24.6 Å². The molecule has 1 heterocycles. The molecule has 1 aliphatic heterocycles. The van der Waals surface area contributed by atoms with Crippen LogP contribution in [0.25, 0.3) is 0 Å². The number of nitrogens with one attached hydrogen (secondary N) is 1. The molecule has 1 aromatic rings. The maximum Gasteiger partial charge on any atom is 0.0434 e. The second kappa shape index (κ2) is 8.52. The average Bonchev–Trinajstić information content (AvgIpc) is 2.53. The predicted molar refractivity (Wildman–Crippen MR) is 88.2 cm³/mol. The van der Waals surface area contributed by atoms with Crippen molar-refractivity contribution in [1.82, 2.24) is 10.2 Å². The zero-order chi connectivity index (χ0) is 15.1. The normalized spacial score (nSPS) is 24.9. The highest BCUT2D eigenvalue weighted by Gasteiger charge is 2.28. The number of piperidine rings is 1. The molecule has 0 aliphatic carbocycles. The highest BCUT2D eigenvalue weighted by atomic mass is 16.3. The van der Waals surface area contributed by atoms with Crippen molar-refractivity contribution in [3.63, 3.8) is 0 Å². The molecule has 1 fully saturated rings. The van der Waals surface area contributed by atoms with Gasteiger partial charge in [0.25, 0.3) is 0 Å². The van der Waals surface area contributed by atoms with Crippen molar-refractivity contribution in [2.75, 3.05) is 19.7 Å². The summed E-state index contributed by atoms with van der Waals surface area (Å²) in [5, 5.41) is 13.0. The number of nitrogens with zero attached hydrogens (tertiary/aromatic N) is 1. The molecule has 118 valence electrons. The molecule has 3 nitrogen and oxygen atoms in total. The minimum atomic E-state index is 0.310. The lowest BCUT2D eigenvalue weighted by atomic mass is 9.90. The van der Waals surface area contributed by atoms with Crippen molar-refractivity contribution in [1.29, 1.82) is 0 Å². The molecule has 1 aromatic carbocycles. The predicted octanol–water partition coefficient (Wildman–Crippen LogP) is 2.65. The fourth-order valence-corrected chi connectivity index (χ4v) is 3.26. The van der Waals surface area contributed by atoms with Crippen LogP contribution in [0.1, 0.15) is 38.7 Å². The van der Waals surface area contributed by atoms with E-state index >= 15 is 0 Å². The third-order valence-corrected chi connectivity index (χ3v) is 4.75. The third-order valence-electron chi connectivity index (χ3n) is 4.75. The molecule has 0 saturated carbocycles. The molecule has 0 aromatic heterocycles. The fraction of sp³-hybridized carbons (Fsp3) is 0.667. The van der Waals surface area contributed by atoms with Gasteiger partial charge in [-0.25, -0.2) is 0 Å². The Labute approximate surface area is 129 Å². The van der Waals surface area contributed by atoms with Crippen molar-refractivity contribution in [3.8, 4) is 0 Å². The van der Waals surface area contributed by atoms with E-state index in [1.165, 1.54) is 18.4 Å². The molecule has 3 heteroatoms. The summed E-state index contributed by atoms with van der Waals surface area (Å²) in [6.45, 7) is 8.08. The van der Waals surface area contributed by atoms with Crippen LogP contribution in [0.4, 0.5) is 0 Å². The number of aliphatic hydroxyl groups excluding tert-OH is 1. The molecule has 1 aliphatic rings. The molecular formula is C18H30N2O. The number of benzene rings is 1. The van der Waals surface area contributed by atoms with E-state index in [-0.39, 0.29) is 0 Å². The van der Waals surface area contributed by atoms with Gasteiger partial charge in [0.15, 0.2) is 0 Å². The lowest BCUT2D eigenvalue weighted by molar-refractivity contribution is 0.0884. The zero-order valence-corrected chi connectivity index (χ0v) is 13.5. The van der Waals surface area contributed by atoms with Crippen molar-refractivity contribution in [2.24, 2.45) is 5.92 Å². The summed E-state index contributed by atoms with van der Waals surface area (Å²) in [4.78, 5) is 2.59. The molecule has 0 bridgehead atoms. The molecule has 0 radical (unpaired) electrons. The molecule has 2 N–H and O–H groups in total. The lowest BCUT2D eigenvalue weighted by Crippen LogP contribution is -2.51. The number of hydrogen-bond donors (Lipinski definition) is 2. The topological polar surface area (TPSA) is 35.5 Å². The Morgan fingerprint density at radius 2 is 2.05 bits per heavy atom. The Morgan fingerprint density at radius 1 is 1.29 bits per heavy atom. The Morgan fingerprint density at radius 3 is 2.71 bits per heavy atom. The standard InChI is InChI=1S/C18H30N2O/c1-3-15(2)20-13-17(9-10-21)11-18(14-20)19-12-16-7-5-4-6-8-16/h4-8,15,17-19,21H,3,9-14H2,1-2H3. The van der Waals surface area contributed by atoms with Crippen LogP contribution in [0.3, 0.4) is 0 Å². The molecule has 1 saturated heterocycles. The maximum atomic E-state index is 9.26. The fourth-order valence-electron chi connectivity index (χ4n) is 3.26. The summed E-state index contributed by atoms with van der Waals surface area (Å²) in [5.74, 6) is 0.617. The summed E-state index contributed by atoms with van der Waals surface area (Å²) < 4.78 is 0. The number of aliphatic hydroxyl groups is 1. The van der Waals surface area contributed by atoms with Gasteiger partial charge in [0, 0.05) is 38.3 Å². The van der Waals surface area contributed by atoms with Gasteiger partial charge in [0.05, 0.1) is 0 Å². The Balaban J connectivity index is 1.90. The summed E-state index contributed by atoms with van der Waals surface area (Å²) in [6, 6.07) is 11.8. The van der Waals surface area contributed by atoms with Gasteiger partial charge in [0.2, 0.25) is 0 Å². The van der Waals surface area contributed by atoms with Crippen LogP contribution >= 0.6 is 0 Å². The van der Waals surface area contributed by atoms with Crippen molar-refractivity contribution >= 4 is 0 Å². The van der Waals surface area contributed by atoms with Gasteiger partial charge in [-0.15, -0.1) is 0 Å². The van der Waals surface area contributed by atoms with Gasteiger partial charge in [0.1, 0.15) is 0 Å². The van der Waals surface area contributed by atoms with Crippen LogP contribution in [-0.4, -0.2) is 41.8 Å². The second-order valence-corrected chi connectivity index (χ2v) is 6.39. The summed E-state index contributed by atoms with van der Waals surface area (Å²) in [7, 11) is 0. The van der Waals surface area contributed by atoms with Crippen LogP contribution in [0.15, 0.2) is 30.3 Å². The molecule has 0 spiro atoms. The first kappa shape index (κ1) is 16.5. The van der Waals surface area contributed by atoms with Crippen LogP contribution < -0.4 is 5.32 Å². The van der Waals surface area contributed by atoms with Crippen LogP contribution in [0.2, 0.25) is 0 Å². The number of hydrogen-bond acceptors (Lipinski definition) is 3. The highest BCUT2D eigenvalue weighted by Crippen LogP contribution is 2.22. The largest absolute Gasteiger partial charge is 0.396 e. The molecule has 0 amide bonds. The van der Waals surface area contributed by atoms with Gasteiger partial charge in [-0.1, -0.05) is 37.3 Å². The van der Waals surface area contributed by atoms with Gasteiger partial charge in [-0.3, -0.25) is 4.90 Å². The van der Waals surface area contributed by atoms with Crippen LogP contribution in [-0.2, 0) is 6.54 Å².